The summed E-state index contributed by atoms with van der Waals surface area (Å²) in [5.74, 6) is -0.0277. The van der Waals surface area contributed by atoms with Gasteiger partial charge in [-0.25, -0.2) is 4.79 Å². The quantitative estimate of drug-likeness (QED) is 0.503. The number of urea groups is 1. The molecule has 0 aromatic heterocycles. The minimum absolute atomic E-state index is 0.0277. The summed E-state index contributed by atoms with van der Waals surface area (Å²) in [7, 11) is 1.63. The highest BCUT2D eigenvalue weighted by Crippen LogP contribution is 2.42. The predicted octanol–water partition coefficient (Wildman–Crippen LogP) is 4.83. The first-order chi connectivity index (χ1) is 14.7. The predicted molar refractivity (Wildman–Crippen MR) is 124 cm³/mol. The maximum Gasteiger partial charge on any atom is 0.327 e. The van der Waals surface area contributed by atoms with Gasteiger partial charge in [0.05, 0.1) is 0 Å². The number of piperidine rings is 1. The van der Waals surface area contributed by atoms with Gasteiger partial charge in [-0.1, -0.05) is 55.3 Å². The third kappa shape index (κ3) is 4.05. The molecule has 5 heteroatoms. The molecule has 0 N–H and O–H groups in total. The molecule has 2 fully saturated rings. The maximum absolute atomic E-state index is 13.2. The van der Waals surface area contributed by atoms with E-state index in [0.29, 0.717) is 12.0 Å². The molecule has 2 heterocycles. The fourth-order valence-electron chi connectivity index (χ4n) is 5.99. The molecule has 1 aromatic rings. The van der Waals surface area contributed by atoms with Crippen LogP contribution in [0.5, 0.6) is 0 Å². The van der Waals surface area contributed by atoms with Gasteiger partial charge >= 0.3 is 6.03 Å². The van der Waals surface area contributed by atoms with Crippen molar-refractivity contribution in [3.05, 3.63) is 47.0 Å². The molecule has 0 saturated carbocycles. The van der Waals surface area contributed by atoms with Gasteiger partial charge < -0.3 is 9.80 Å². The Morgan fingerprint density at radius 3 is 2.32 bits per heavy atom. The summed E-state index contributed by atoms with van der Waals surface area (Å²) in [6, 6.07) is 9.85. The highest BCUT2D eigenvalue weighted by molar-refractivity contribution is 6.06. The summed E-state index contributed by atoms with van der Waals surface area (Å²) in [4.78, 5) is 31.8. The molecule has 31 heavy (non-hydrogen) atoms. The number of amides is 3. The third-order valence-electron chi connectivity index (χ3n) is 7.97. The second kappa shape index (κ2) is 8.42. The van der Waals surface area contributed by atoms with Crippen LogP contribution >= 0.6 is 0 Å². The summed E-state index contributed by atoms with van der Waals surface area (Å²) in [5.41, 5.74) is 3.91. The van der Waals surface area contributed by atoms with Crippen LogP contribution < -0.4 is 0 Å². The standard InChI is InChI=1S/C26H37N3O2/c1-20-9-8-13-25(2,3)22(20)12-16-28-17-14-26(15-18-28)23(30)27(4)24(31)29(26)19-21-10-6-5-7-11-21/h5-7,10-11H,8-9,12-19H2,1-4H3. The van der Waals surface area contributed by atoms with Gasteiger partial charge in [0.25, 0.3) is 5.91 Å². The first-order valence-electron chi connectivity index (χ1n) is 11.8. The van der Waals surface area contributed by atoms with E-state index in [1.54, 1.807) is 18.2 Å². The Morgan fingerprint density at radius 1 is 1.00 bits per heavy atom. The van der Waals surface area contributed by atoms with Gasteiger partial charge in [0.1, 0.15) is 5.54 Å². The zero-order valence-corrected chi connectivity index (χ0v) is 19.6. The van der Waals surface area contributed by atoms with Gasteiger partial charge in [-0.2, -0.15) is 0 Å². The van der Waals surface area contributed by atoms with Crippen LogP contribution in [0.1, 0.15) is 64.9 Å². The lowest BCUT2D eigenvalue weighted by atomic mass is 9.71. The molecule has 0 radical (unpaired) electrons. The summed E-state index contributed by atoms with van der Waals surface area (Å²) in [6.45, 7) is 10.4. The lowest BCUT2D eigenvalue weighted by Crippen LogP contribution is -2.56. The van der Waals surface area contributed by atoms with Crippen LogP contribution in [0.25, 0.3) is 0 Å². The molecule has 3 amide bonds. The Morgan fingerprint density at radius 2 is 1.68 bits per heavy atom. The van der Waals surface area contributed by atoms with Crippen molar-refractivity contribution in [3.63, 3.8) is 0 Å². The molecule has 3 aliphatic rings. The molecule has 5 nitrogen and oxygen atoms in total. The van der Waals surface area contributed by atoms with E-state index in [-0.39, 0.29) is 11.9 Å². The minimum Gasteiger partial charge on any atom is -0.305 e. The average Bonchev–Trinajstić information content (AvgIpc) is 2.91. The average molecular weight is 424 g/mol. The number of nitrogens with zero attached hydrogens (tertiary/aromatic N) is 3. The second-order valence-corrected chi connectivity index (χ2v) is 10.3. The van der Waals surface area contributed by atoms with Gasteiger partial charge in [0.15, 0.2) is 0 Å². The maximum atomic E-state index is 13.2. The first kappa shape index (κ1) is 22.1. The van der Waals surface area contributed by atoms with Crippen molar-refractivity contribution < 1.29 is 9.59 Å². The number of likely N-dealkylation sites (N-methyl/N-ethyl adjacent to an activating group) is 1. The summed E-state index contributed by atoms with van der Waals surface area (Å²) >= 11 is 0. The number of hydrogen-bond donors (Lipinski definition) is 0. The van der Waals surface area contributed by atoms with E-state index in [4.69, 9.17) is 0 Å². The first-order valence-corrected chi connectivity index (χ1v) is 11.8. The van der Waals surface area contributed by atoms with Gasteiger partial charge in [0, 0.05) is 33.2 Å². The molecule has 1 spiro atoms. The molecular weight excluding hydrogens is 386 g/mol. The summed E-state index contributed by atoms with van der Waals surface area (Å²) in [5, 5.41) is 0. The molecule has 1 aromatic carbocycles. The molecule has 0 unspecified atom stereocenters. The van der Waals surface area contributed by atoms with Crippen molar-refractivity contribution >= 4 is 11.9 Å². The number of imide groups is 1. The number of likely N-dealkylation sites (tertiary alicyclic amines) is 1. The van der Waals surface area contributed by atoms with Crippen LogP contribution in [0.4, 0.5) is 4.79 Å². The van der Waals surface area contributed by atoms with E-state index in [9.17, 15) is 9.59 Å². The van der Waals surface area contributed by atoms with E-state index in [1.165, 1.54) is 24.2 Å². The van der Waals surface area contributed by atoms with Crippen LogP contribution in [0.2, 0.25) is 0 Å². The molecule has 0 atom stereocenters. The van der Waals surface area contributed by atoms with Crippen molar-refractivity contribution in [1.29, 1.82) is 0 Å². The Labute approximate surface area is 187 Å². The molecule has 2 aliphatic heterocycles. The van der Waals surface area contributed by atoms with E-state index in [0.717, 1.165) is 44.5 Å². The van der Waals surface area contributed by atoms with Crippen LogP contribution in [0.3, 0.4) is 0 Å². The van der Waals surface area contributed by atoms with E-state index >= 15 is 0 Å². The molecular formula is C26H37N3O2. The zero-order valence-electron chi connectivity index (χ0n) is 19.6. The highest BCUT2D eigenvalue weighted by atomic mass is 16.2. The largest absolute Gasteiger partial charge is 0.327 e. The summed E-state index contributed by atoms with van der Waals surface area (Å²) < 4.78 is 0. The van der Waals surface area contributed by atoms with Gasteiger partial charge in [-0.05, 0) is 56.4 Å². The zero-order chi connectivity index (χ0) is 22.2. The smallest absolute Gasteiger partial charge is 0.305 e. The van der Waals surface area contributed by atoms with Gasteiger partial charge in [-0.3, -0.25) is 9.69 Å². The Balaban J connectivity index is 1.44. The summed E-state index contributed by atoms with van der Waals surface area (Å²) in [6.07, 6.45) is 6.37. The lowest BCUT2D eigenvalue weighted by molar-refractivity contribution is -0.135. The van der Waals surface area contributed by atoms with Crippen molar-refractivity contribution in [2.75, 3.05) is 26.7 Å². The van der Waals surface area contributed by atoms with E-state index in [1.807, 2.05) is 35.2 Å². The SMILES string of the molecule is CC1=C(CCN2CCC3(CC2)C(=O)N(C)C(=O)N3Cc2ccccc2)C(C)(C)CCC1. The number of carbonyl (C=O) groups is 2. The van der Waals surface area contributed by atoms with Crippen LogP contribution in [0.15, 0.2) is 41.5 Å². The third-order valence-corrected chi connectivity index (χ3v) is 7.97. The van der Waals surface area contributed by atoms with Crippen molar-refractivity contribution in [3.8, 4) is 0 Å². The number of rotatable bonds is 5. The van der Waals surface area contributed by atoms with Crippen LogP contribution in [-0.2, 0) is 11.3 Å². The van der Waals surface area contributed by atoms with Crippen LogP contribution in [-0.4, -0.2) is 58.9 Å². The normalized spacial score (nSPS) is 23.9. The Hall–Kier alpha value is -2.14. The number of allylic oxidation sites excluding steroid dienone is 1. The second-order valence-electron chi connectivity index (χ2n) is 10.3. The highest BCUT2D eigenvalue weighted by Gasteiger charge is 2.56. The number of carbonyl (C=O) groups excluding carboxylic acids is 2. The minimum atomic E-state index is -0.683. The Bertz CT molecular complexity index is 866. The van der Waals surface area contributed by atoms with Crippen molar-refractivity contribution in [1.82, 2.24) is 14.7 Å². The monoisotopic (exact) mass is 423 g/mol. The van der Waals surface area contributed by atoms with E-state index in [2.05, 4.69) is 25.7 Å². The number of benzene rings is 1. The molecule has 2 saturated heterocycles. The van der Waals surface area contributed by atoms with Crippen molar-refractivity contribution in [2.24, 2.45) is 5.41 Å². The van der Waals surface area contributed by atoms with Gasteiger partial charge in [0.2, 0.25) is 0 Å². The topological polar surface area (TPSA) is 43.9 Å². The van der Waals surface area contributed by atoms with Gasteiger partial charge in [-0.15, -0.1) is 0 Å². The molecule has 168 valence electrons. The fourth-order valence-corrected chi connectivity index (χ4v) is 5.99. The molecule has 4 rings (SSSR count). The van der Waals surface area contributed by atoms with E-state index < -0.39 is 5.54 Å². The molecule has 0 bridgehead atoms. The fraction of sp³-hybridized carbons (Fsp3) is 0.615. The lowest BCUT2D eigenvalue weighted by Gasteiger charge is -2.43. The molecule has 1 aliphatic carbocycles. The number of hydrogen-bond acceptors (Lipinski definition) is 3. The Kier molecular flexibility index (Phi) is 5.99. The van der Waals surface area contributed by atoms with Crippen LogP contribution in [0, 0.1) is 5.41 Å². The van der Waals surface area contributed by atoms with Crippen molar-refractivity contribution in [2.45, 2.75) is 71.4 Å².